The van der Waals surface area contributed by atoms with Crippen molar-refractivity contribution in [3.05, 3.63) is 5.82 Å². The van der Waals surface area contributed by atoms with Gasteiger partial charge in [0.15, 0.2) is 0 Å². The molecular weight excluding hydrogens is 222 g/mol. The summed E-state index contributed by atoms with van der Waals surface area (Å²) in [7, 11) is 0. The zero-order valence-electron chi connectivity index (χ0n) is 9.65. The molecule has 2 unspecified atom stereocenters. The molecule has 0 radical (unpaired) electrons. The van der Waals surface area contributed by atoms with Crippen molar-refractivity contribution < 1.29 is 5.11 Å². The number of hydrogen-bond donors (Lipinski definition) is 2. The van der Waals surface area contributed by atoms with E-state index in [-0.39, 0.29) is 0 Å². The molecule has 1 aliphatic rings. The van der Waals surface area contributed by atoms with Crippen molar-refractivity contribution in [1.29, 1.82) is 0 Å². The average Bonchev–Trinajstić information content (AvgIpc) is 2.94. The molecule has 1 aliphatic carbocycles. The van der Waals surface area contributed by atoms with Gasteiger partial charge in [0, 0.05) is 31.1 Å². The van der Waals surface area contributed by atoms with Crippen LogP contribution in [0.1, 0.15) is 32.0 Å². The van der Waals surface area contributed by atoms with Gasteiger partial charge in [0.05, 0.1) is 0 Å². The summed E-state index contributed by atoms with van der Waals surface area (Å²) in [5.41, 5.74) is 0. The van der Waals surface area contributed by atoms with Crippen LogP contribution in [-0.2, 0) is 6.42 Å². The van der Waals surface area contributed by atoms with E-state index >= 15 is 0 Å². The minimum absolute atomic E-state index is 0.322. The maximum Gasteiger partial charge on any atom is 0.202 e. The maximum atomic E-state index is 9.22. The van der Waals surface area contributed by atoms with Crippen molar-refractivity contribution in [1.82, 2.24) is 9.36 Å². The Kier molecular flexibility index (Phi) is 4.12. The van der Waals surface area contributed by atoms with Gasteiger partial charge in [0.1, 0.15) is 5.82 Å². The van der Waals surface area contributed by atoms with E-state index in [1.165, 1.54) is 30.8 Å². The molecule has 1 aromatic rings. The van der Waals surface area contributed by atoms with Gasteiger partial charge in [-0.05, 0) is 24.7 Å². The van der Waals surface area contributed by atoms with Crippen molar-refractivity contribution in [2.24, 2.45) is 11.8 Å². The quantitative estimate of drug-likeness (QED) is 0.827. The van der Waals surface area contributed by atoms with E-state index in [0.717, 1.165) is 23.9 Å². The molecule has 1 fully saturated rings. The van der Waals surface area contributed by atoms with Gasteiger partial charge in [-0.1, -0.05) is 13.3 Å². The van der Waals surface area contributed by atoms with Gasteiger partial charge in [-0.15, -0.1) is 0 Å². The summed E-state index contributed by atoms with van der Waals surface area (Å²) in [6.45, 7) is 3.30. The third-order valence-electron chi connectivity index (χ3n) is 3.35. The lowest BCUT2D eigenvalue weighted by molar-refractivity contribution is 0.199. The Hall–Kier alpha value is -0.680. The fraction of sp³-hybridized carbons (Fsp3) is 0.818. The largest absolute Gasteiger partial charge is 0.396 e. The maximum absolute atomic E-state index is 9.22. The Balaban J connectivity index is 1.82. The molecule has 0 bridgehead atoms. The van der Waals surface area contributed by atoms with Crippen LogP contribution < -0.4 is 5.32 Å². The highest BCUT2D eigenvalue weighted by Gasteiger charge is 2.26. The van der Waals surface area contributed by atoms with Gasteiger partial charge in [0.25, 0.3) is 0 Å². The molecule has 4 nitrogen and oxygen atoms in total. The van der Waals surface area contributed by atoms with Crippen LogP contribution >= 0.6 is 11.5 Å². The van der Waals surface area contributed by atoms with E-state index in [1.54, 1.807) is 0 Å². The normalized spacial score (nSPS) is 24.9. The Labute approximate surface area is 100 Å². The Morgan fingerprint density at radius 1 is 1.44 bits per heavy atom. The number of aromatic nitrogens is 2. The number of aliphatic hydroxyl groups excluding tert-OH is 1. The molecule has 0 aromatic carbocycles. The van der Waals surface area contributed by atoms with E-state index in [0.29, 0.717) is 18.4 Å². The third kappa shape index (κ3) is 2.71. The second-order valence-electron chi connectivity index (χ2n) is 4.38. The van der Waals surface area contributed by atoms with E-state index in [1.807, 2.05) is 0 Å². The Morgan fingerprint density at radius 3 is 2.94 bits per heavy atom. The van der Waals surface area contributed by atoms with Crippen molar-refractivity contribution >= 4 is 16.7 Å². The van der Waals surface area contributed by atoms with Crippen LogP contribution in [0.3, 0.4) is 0 Å². The van der Waals surface area contributed by atoms with Crippen LogP contribution in [0.15, 0.2) is 0 Å². The zero-order chi connectivity index (χ0) is 11.4. The van der Waals surface area contributed by atoms with Crippen LogP contribution in [0, 0.1) is 11.8 Å². The third-order valence-corrected chi connectivity index (χ3v) is 4.06. The van der Waals surface area contributed by atoms with Crippen LogP contribution in [-0.4, -0.2) is 27.6 Å². The summed E-state index contributed by atoms with van der Waals surface area (Å²) in [4.78, 5) is 4.37. The number of rotatable bonds is 5. The van der Waals surface area contributed by atoms with E-state index in [4.69, 9.17) is 0 Å². The first-order valence-electron chi connectivity index (χ1n) is 6.00. The molecule has 90 valence electrons. The SMILES string of the molecule is CCc1nsc(NCC2CCCC2CO)n1. The van der Waals surface area contributed by atoms with E-state index in [9.17, 15) is 5.11 Å². The second-order valence-corrected chi connectivity index (χ2v) is 5.14. The fourth-order valence-corrected chi connectivity index (χ4v) is 2.97. The first-order valence-corrected chi connectivity index (χ1v) is 6.78. The Morgan fingerprint density at radius 2 is 2.25 bits per heavy atom. The number of nitrogens with zero attached hydrogens (tertiary/aromatic N) is 2. The highest BCUT2D eigenvalue weighted by Crippen LogP contribution is 2.31. The molecule has 1 aromatic heterocycles. The Bertz CT molecular complexity index is 329. The molecule has 0 aliphatic heterocycles. The lowest BCUT2D eigenvalue weighted by Gasteiger charge is -2.16. The summed E-state index contributed by atoms with van der Waals surface area (Å²) in [6, 6.07) is 0. The van der Waals surface area contributed by atoms with Gasteiger partial charge < -0.3 is 10.4 Å². The van der Waals surface area contributed by atoms with Crippen LogP contribution in [0.5, 0.6) is 0 Å². The summed E-state index contributed by atoms with van der Waals surface area (Å²) in [5.74, 6) is 1.99. The standard InChI is InChI=1S/C11H19N3OS/c1-2-10-13-11(16-14-10)12-6-8-4-3-5-9(8)7-15/h8-9,15H,2-7H2,1H3,(H,12,13,14). The monoisotopic (exact) mass is 241 g/mol. The molecular formula is C11H19N3OS. The fourth-order valence-electron chi connectivity index (χ4n) is 2.31. The lowest BCUT2D eigenvalue weighted by Crippen LogP contribution is -2.20. The van der Waals surface area contributed by atoms with Crippen LogP contribution in [0.2, 0.25) is 0 Å². The number of nitrogens with one attached hydrogen (secondary N) is 1. The topological polar surface area (TPSA) is 58.0 Å². The van der Waals surface area contributed by atoms with Gasteiger partial charge in [0.2, 0.25) is 5.13 Å². The van der Waals surface area contributed by atoms with Gasteiger partial charge >= 0.3 is 0 Å². The molecule has 0 spiro atoms. The van der Waals surface area contributed by atoms with Crippen LogP contribution in [0.4, 0.5) is 5.13 Å². The summed E-state index contributed by atoms with van der Waals surface area (Å²) in [5, 5.41) is 13.5. The summed E-state index contributed by atoms with van der Waals surface area (Å²) in [6.07, 6.45) is 4.52. The highest BCUT2D eigenvalue weighted by molar-refractivity contribution is 7.09. The molecule has 1 heterocycles. The first-order chi connectivity index (χ1) is 7.83. The van der Waals surface area contributed by atoms with Crippen molar-refractivity contribution in [3.8, 4) is 0 Å². The van der Waals surface area contributed by atoms with Crippen molar-refractivity contribution in [3.63, 3.8) is 0 Å². The first kappa shape index (κ1) is 11.8. The van der Waals surface area contributed by atoms with Gasteiger partial charge in [-0.2, -0.15) is 4.37 Å². The van der Waals surface area contributed by atoms with E-state index in [2.05, 4.69) is 21.6 Å². The molecule has 2 rings (SSSR count). The summed E-state index contributed by atoms with van der Waals surface area (Å²) < 4.78 is 4.24. The van der Waals surface area contributed by atoms with Crippen molar-refractivity contribution in [2.75, 3.05) is 18.5 Å². The minimum Gasteiger partial charge on any atom is -0.396 e. The zero-order valence-corrected chi connectivity index (χ0v) is 10.5. The number of aryl methyl sites for hydroxylation is 1. The predicted octanol–water partition coefficient (Wildman–Crippen LogP) is 1.92. The number of hydrogen-bond acceptors (Lipinski definition) is 5. The number of aliphatic hydroxyl groups is 1. The molecule has 1 saturated carbocycles. The molecule has 5 heteroatoms. The molecule has 0 amide bonds. The molecule has 16 heavy (non-hydrogen) atoms. The minimum atomic E-state index is 0.322. The average molecular weight is 241 g/mol. The van der Waals surface area contributed by atoms with Crippen LogP contribution in [0.25, 0.3) is 0 Å². The molecule has 0 saturated heterocycles. The number of anilines is 1. The summed E-state index contributed by atoms with van der Waals surface area (Å²) >= 11 is 1.43. The predicted molar refractivity (Wildman–Crippen MR) is 65.7 cm³/mol. The lowest BCUT2D eigenvalue weighted by atomic mass is 9.97. The van der Waals surface area contributed by atoms with Gasteiger partial charge in [-0.3, -0.25) is 0 Å². The highest BCUT2D eigenvalue weighted by atomic mass is 32.1. The molecule has 2 atom stereocenters. The van der Waals surface area contributed by atoms with E-state index < -0.39 is 0 Å². The van der Waals surface area contributed by atoms with Gasteiger partial charge in [-0.25, -0.2) is 4.98 Å². The van der Waals surface area contributed by atoms with Crippen molar-refractivity contribution in [2.45, 2.75) is 32.6 Å². The second kappa shape index (κ2) is 5.59. The molecule has 2 N–H and O–H groups in total. The smallest absolute Gasteiger partial charge is 0.202 e.